The molecule has 0 saturated heterocycles. The number of rotatable bonds is 0. The first-order chi connectivity index (χ1) is 5.66. The lowest BCUT2D eigenvalue weighted by atomic mass is 10.1. The van der Waals surface area contributed by atoms with Gasteiger partial charge in [0, 0.05) is 11.6 Å². The van der Waals surface area contributed by atoms with Crippen molar-refractivity contribution < 1.29 is 8.78 Å². The molecule has 0 N–H and O–H groups in total. The lowest BCUT2D eigenvalue weighted by Gasteiger charge is -1.99. The van der Waals surface area contributed by atoms with Gasteiger partial charge < -0.3 is 0 Å². The smallest absolute Gasteiger partial charge is 0.133 e. The Labute approximate surface area is 69.5 Å². The molecule has 2 heteroatoms. The molecule has 0 aliphatic heterocycles. The van der Waals surface area contributed by atoms with E-state index in [1.807, 2.05) is 6.92 Å². The number of allylic oxidation sites excluding steroid dienone is 1. The molecule has 2 rings (SSSR count). The van der Waals surface area contributed by atoms with Crippen LogP contribution in [0.15, 0.2) is 17.7 Å². The van der Waals surface area contributed by atoms with Gasteiger partial charge in [-0.05, 0) is 25.0 Å². The fraction of sp³-hybridized carbons (Fsp3) is 0.200. The number of fused-ring (bicyclic) bond motifs is 1. The maximum Gasteiger partial charge on any atom is 0.133 e. The van der Waals surface area contributed by atoms with Crippen molar-refractivity contribution in [1.29, 1.82) is 0 Å². The van der Waals surface area contributed by atoms with Gasteiger partial charge in [0.25, 0.3) is 0 Å². The summed E-state index contributed by atoms with van der Waals surface area (Å²) in [5.41, 5.74) is 2.38. The fourth-order valence-corrected chi connectivity index (χ4v) is 1.54. The molecular weight excluding hydrogens is 158 g/mol. The van der Waals surface area contributed by atoms with Crippen molar-refractivity contribution >= 4 is 6.08 Å². The molecular formula is C10H8F2. The van der Waals surface area contributed by atoms with Gasteiger partial charge in [0.1, 0.15) is 11.6 Å². The minimum Gasteiger partial charge on any atom is -0.207 e. The third-order valence-corrected chi connectivity index (χ3v) is 2.04. The molecule has 1 aliphatic rings. The van der Waals surface area contributed by atoms with E-state index >= 15 is 0 Å². The Morgan fingerprint density at radius 3 is 2.75 bits per heavy atom. The zero-order chi connectivity index (χ0) is 8.72. The van der Waals surface area contributed by atoms with Crippen LogP contribution in [0.2, 0.25) is 0 Å². The molecule has 12 heavy (non-hydrogen) atoms. The topological polar surface area (TPSA) is 0 Å². The summed E-state index contributed by atoms with van der Waals surface area (Å²) in [5.74, 6) is -0.948. The van der Waals surface area contributed by atoms with Crippen LogP contribution in [0.1, 0.15) is 18.1 Å². The minimum atomic E-state index is -0.491. The van der Waals surface area contributed by atoms with Crippen molar-refractivity contribution in [2.45, 2.75) is 13.3 Å². The van der Waals surface area contributed by atoms with E-state index < -0.39 is 11.6 Å². The van der Waals surface area contributed by atoms with Crippen molar-refractivity contribution in [2.75, 3.05) is 0 Å². The second-order valence-corrected chi connectivity index (χ2v) is 3.13. The monoisotopic (exact) mass is 166 g/mol. The van der Waals surface area contributed by atoms with Crippen LogP contribution >= 0.6 is 0 Å². The van der Waals surface area contributed by atoms with Gasteiger partial charge in [0.2, 0.25) is 0 Å². The van der Waals surface area contributed by atoms with Crippen molar-refractivity contribution in [3.63, 3.8) is 0 Å². The zero-order valence-electron chi connectivity index (χ0n) is 6.70. The van der Waals surface area contributed by atoms with Gasteiger partial charge in [-0.25, -0.2) is 8.78 Å². The zero-order valence-corrected chi connectivity index (χ0v) is 6.70. The Kier molecular flexibility index (Phi) is 1.50. The summed E-state index contributed by atoms with van der Waals surface area (Å²) in [6.45, 7) is 1.91. The predicted octanol–water partition coefficient (Wildman–Crippen LogP) is 2.92. The molecule has 0 aromatic heterocycles. The van der Waals surface area contributed by atoms with Crippen LogP contribution in [0.3, 0.4) is 0 Å². The summed E-state index contributed by atoms with van der Waals surface area (Å²) < 4.78 is 25.7. The van der Waals surface area contributed by atoms with E-state index in [-0.39, 0.29) is 0 Å². The maximum absolute atomic E-state index is 13.0. The third-order valence-electron chi connectivity index (χ3n) is 2.04. The van der Waals surface area contributed by atoms with Crippen molar-refractivity contribution in [3.05, 3.63) is 40.5 Å². The summed E-state index contributed by atoms with van der Waals surface area (Å²) in [6, 6.07) is 2.32. The molecule has 62 valence electrons. The van der Waals surface area contributed by atoms with E-state index in [1.54, 1.807) is 6.08 Å². The highest BCUT2D eigenvalue weighted by molar-refractivity contribution is 5.63. The number of hydrogen-bond acceptors (Lipinski definition) is 0. The number of halogens is 2. The van der Waals surface area contributed by atoms with E-state index in [0.717, 1.165) is 17.2 Å². The van der Waals surface area contributed by atoms with Crippen LogP contribution in [0.4, 0.5) is 8.78 Å². The summed E-state index contributed by atoms with van der Waals surface area (Å²) in [6.07, 6.45) is 2.44. The Balaban J connectivity index is 2.62. The average Bonchev–Trinajstić information content (AvgIpc) is 2.29. The van der Waals surface area contributed by atoms with Crippen molar-refractivity contribution in [3.8, 4) is 0 Å². The van der Waals surface area contributed by atoms with Gasteiger partial charge in [-0.1, -0.05) is 11.6 Å². The third kappa shape index (κ3) is 1.04. The molecule has 0 fully saturated rings. The van der Waals surface area contributed by atoms with Gasteiger partial charge >= 0.3 is 0 Å². The Morgan fingerprint density at radius 2 is 2.00 bits per heavy atom. The Bertz CT molecular complexity index is 364. The van der Waals surface area contributed by atoms with Gasteiger partial charge in [0.05, 0.1) is 0 Å². The lowest BCUT2D eigenvalue weighted by molar-refractivity contribution is 0.579. The van der Waals surface area contributed by atoms with Gasteiger partial charge in [0.15, 0.2) is 0 Å². The summed E-state index contributed by atoms with van der Waals surface area (Å²) >= 11 is 0. The standard InChI is InChI=1S/C10H8F2/c1-6-2-7-4-8(11)5-10(12)9(7)3-6/h3-5H,2H2,1H3. The van der Waals surface area contributed by atoms with Crippen LogP contribution in [0, 0.1) is 11.6 Å². The molecule has 0 unspecified atom stereocenters. The second-order valence-electron chi connectivity index (χ2n) is 3.13. The SMILES string of the molecule is CC1=Cc2c(F)cc(F)cc2C1. The summed E-state index contributed by atoms with van der Waals surface area (Å²) in [7, 11) is 0. The lowest BCUT2D eigenvalue weighted by Crippen LogP contribution is -1.89. The van der Waals surface area contributed by atoms with Gasteiger partial charge in [-0.15, -0.1) is 0 Å². The molecule has 0 bridgehead atoms. The van der Waals surface area contributed by atoms with Crippen LogP contribution in [0.25, 0.3) is 6.08 Å². The first-order valence-corrected chi connectivity index (χ1v) is 3.82. The highest BCUT2D eigenvalue weighted by Crippen LogP contribution is 2.27. The molecule has 0 amide bonds. The summed E-state index contributed by atoms with van der Waals surface area (Å²) in [4.78, 5) is 0. The molecule has 1 aromatic rings. The van der Waals surface area contributed by atoms with E-state index in [2.05, 4.69) is 0 Å². The molecule has 0 spiro atoms. The molecule has 1 aromatic carbocycles. The minimum absolute atomic E-state index is 0.457. The van der Waals surface area contributed by atoms with E-state index in [9.17, 15) is 8.78 Å². The fourth-order valence-electron chi connectivity index (χ4n) is 1.54. The highest BCUT2D eigenvalue weighted by Gasteiger charge is 2.14. The predicted molar refractivity (Wildman–Crippen MR) is 43.7 cm³/mol. The van der Waals surface area contributed by atoms with E-state index in [1.165, 1.54) is 6.07 Å². The largest absolute Gasteiger partial charge is 0.207 e. The van der Waals surface area contributed by atoms with Crippen LogP contribution in [0.5, 0.6) is 0 Å². The second kappa shape index (κ2) is 2.41. The molecule has 0 saturated carbocycles. The van der Waals surface area contributed by atoms with Crippen LogP contribution in [-0.4, -0.2) is 0 Å². The number of hydrogen-bond donors (Lipinski definition) is 0. The normalized spacial score (nSPS) is 14.4. The van der Waals surface area contributed by atoms with Crippen molar-refractivity contribution in [1.82, 2.24) is 0 Å². The average molecular weight is 166 g/mol. The molecule has 0 atom stereocenters. The maximum atomic E-state index is 13.0. The molecule has 0 heterocycles. The van der Waals surface area contributed by atoms with Crippen LogP contribution in [-0.2, 0) is 6.42 Å². The number of benzene rings is 1. The highest BCUT2D eigenvalue weighted by atomic mass is 19.1. The van der Waals surface area contributed by atoms with Gasteiger partial charge in [-0.2, -0.15) is 0 Å². The van der Waals surface area contributed by atoms with E-state index in [4.69, 9.17) is 0 Å². The Morgan fingerprint density at radius 1 is 1.25 bits per heavy atom. The molecule has 1 aliphatic carbocycles. The Hall–Kier alpha value is -1.18. The quantitative estimate of drug-likeness (QED) is 0.555. The van der Waals surface area contributed by atoms with Crippen LogP contribution < -0.4 is 0 Å². The molecule has 0 nitrogen and oxygen atoms in total. The van der Waals surface area contributed by atoms with Crippen molar-refractivity contribution in [2.24, 2.45) is 0 Å². The first kappa shape index (κ1) is 7.47. The van der Waals surface area contributed by atoms with Gasteiger partial charge in [-0.3, -0.25) is 0 Å². The molecule has 0 radical (unpaired) electrons. The summed E-state index contributed by atoms with van der Waals surface area (Å²) in [5, 5.41) is 0. The van der Waals surface area contributed by atoms with E-state index in [0.29, 0.717) is 12.0 Å². The first-order valence-electron chi connectivity index (χ1n) is 3.82.